The van der Waals surface area contributed by atoms with Gasteiger partial charge in [-0.1, -0.05) is 12.1 Å². The summed E-state index contributed by atoms with van der Waals surface area (Å²) in [6.45, 7) is 5.59. The van der Waals surface area contributed by atoms with Gasteiger partial charge in [0.25, 0.3) is 0 Å². The van der Waals surface area contributed by atoms with E-state index in [4.69, 9.17) is 4.74 Å². The quantitative estimate of drug-likeness (QED) is 0.680. The van der Waals surface area contributed by atoms with E-state index in [1.54, 1.807) is 0 Å². The number of morpholine rings is 1. The number of nitrogens with zero attached hydrogens (tertiary/aromatic N) is 4. The molecule has 25 heavy (non-hydrogen) atoms. The second kappa shape index (κ2) is 7.66. The van der Waals surface area contributed by atoms with Gasteiger partial charge in [-0.25, -0.2) is 4.52 Å². The van der Waals surface area contributed by atoms with Crippen LogP contribution in [0, 0.1) is 0 Å². The van der Waals surface area contributed by atoms with Crippen molar-refractivity contribution in [2.45, 2.75) is 12.6 Å². The lowest BCUT2D eigenvalue weighted by molar-refractivity contribution is 0.00966. The van der Waals surface area contributed by atoms with Crippen LogP contribution >= 0.6 is 11.3 Å². The van der Waals surface area contributed by atoms with E-state index in [-0.39, 0.29) is 0 Å². The van der Waals surface area contributed by atoms with Crippen molar-refractivity contribution in [2.75, 3.05) is 39.9 Å². The molecule has 0 saturated carbocycles. The molecule has 0 bridgehead atoms. The van der Waals surface area contributed by atoms with Gasteiger partial charge in [-0.15, -0.1) is 11.3 Å². The number of hydrogen-bond donors (Lipinski definition) is 0. The standard InChI is InChI=1S/C19H24N4OS/c1-21(14-16-13-20-23-7-3-2-5-17(16)23)15-18(19-6-4-12-25-19)22-8-10-24-11-9-22/h2-7,12-13,18H,8-11,14-15H2,1H3. The minimum Gasteiger partial charge on any atom is -0.379 e. The van der Waals surface area contributed by atoms with Crippen molar-refractivity contribution in [2.24, 2.45) is 0 Å². The number of aromatic nitrogens is 2. The highest BCUT2D eigenvalue weighted by atomic mass is 32.1. The van der Waals surface area contributed by atoms with Crippen LogP contribution in [0.3, 0.4) is 0 Å². The summed E-state index contributed by atoms with van der Waals surface area (Å²) in [4.78, 5) is 6.40. The Morgan fingerprint density at radius 1 is 1.24 bits per heavy atom. The van der Waals surface area contributed by atoms with Gasteiger partial charge in [-0.2, -0.15) is 5.10 Å². The summed E-state index contributed by atoms with van der Waals surface area (Å²) in [6.07, 6.45) is 3.99. The molecule has 4 rings (SSSR count). The summed E-state index contributed by atoms with van der Waals surface area (Å²) in [5.74, 6) is 0. The molecule has 3 aromatic rings. The van der Waals surface area contributed by atoms with Crippen LogP contribution in [-0.2, 0) is 11.3 Å². The number of rotatable bonds is 6. The van der Waals surface area contributed by atoms with Gasteiger partial charge in [0.2, 0.25) is 0 Å². The lowest BCUT2D eigenvalue weighted by atomic mass is 10.1. The molecule has 1 saturated heterocycles. The Hall–Kier alpha value is -1.73. The van der Waals surface area contributed by atoms with Crippen molar-refractivity contribution >= 4 is 16.9 Å². The first-order valence-corrected chi connectivity index (χ1v) is 9.64. The van der Waals surface area contributed by atoms with Crippen LogP contribution in [0.15, 0.2) is 48.1 Å². The van der Waals surface area contributed by atoms with E-state index < -0.39 is 0 Å². The van der Waals surface area contributed by atoms with E-state index in [9.17, 15) is 0 Å². The molecule has 5 nitrogen and oxygen atoms in total. The molecule has 132 valence electrons. The Morgan fingerprint density at radius 2 is 2.12 bits per heavy atom. The predicted octanol–water partition coefficient (Wildman–Crippen LogP) is 2.90. The van der Waals surface area contributed by atoms with Gasteiger partial charge in [0.05, 0.1) is 31.0 Å². The molecule has 1 unspecified atom stereocenters. The fourth-order valence-corrected chi connectivity index (χ4v) is 4.37. The van der Waals surface area contributed by atoms with Gasteiger partial charge in [-0.3, -0.25) is 4.90 Å². The van der Waals surface area contributed by atoms with Crippen LogP contribution in [0.5, 0.6) is 0 Å². The third kappa shape index (κ3) is 3.77. The molecule has 4 heterocycles. The normalized spacial score (nSPS) is 17.4. The number of ether oxygens (including phenoxy) is 1. The van der Waals surface area contributed by atoms with Crippen molar-refractivity contribution < 1.29 is 4.74 Å². The number of likely N-dealkylation sites (N-methyl/N-ethyl adjacent to an activating group) is 1. The summed E-state index contributed by atoms with van der Waals surface area (Å²) in [6, 6.07) is 11.1. The molecule has 0 N–H and O–H groups in total. The molecule has 0 spiro atoms. The Balaban J connectivity index is 1.49. The Kier molecular flexibility index (Phi) is 5.12. The summed E-state index contributed by atoms with van der Waals surface area (Å²) in [5, 5.41) is 6.63. The SMILES string of the molecule is CN(Cc1cnn2ccccc12)CC(c1cccs1)N1CCOCC1. The van der Waals surface area contributed by atoms with Crippen LogP contribution in [0.4, 0.5) is 0 Å². The van der Waals surface area contributed by atoms with Gasteiger partial charge in [0.1, 0.15) is 0 Å². The number of hydrogen-bond acceptors (Lipinski definition) is 5. The zero-order valence-corrected chi connectivity index (χ0v) is 15.4. The first-order chi connectivity index (χ1) is 12.3. The maximum absolute atomic E-state index is 5.54. The third-order valence-corrected chi connectivity index (χ3v) is 5.76. The van der Waals surface area contributed by atoms with Gasteiger partial charge in [0.15, 0.2) is 0 Å². The summed E-state index contributed by atoms with van der Waals surface area (Å²) in [7, 11) is 2.20. The molecular weight excluding hydrogens is 332 g/mol. The highest BCUT2D eigenvalue weighted by Gasteiger charge is 2.25. The largest absolute Gasteiger partial charge is 0.379 e. The number of fused-ring (bicyclic) bond motifs is 1. The average Bonchev–Trinajstić information content (AvgIpc) is 3.31. The van der Waals surface area contributed by atoms with Crippen molar-refractivity contribution in [1.29, 1.82) is 0 Å². The Labute approximate surface area is 152 Å². The second-order valence-electron chi connectivity index (χ2n) is 6.58. The molecule has 1 aliphatic rings. The van der Waals surface area contributed by atoms with E-state index in [2.05, 4.69) is 51.6 Å². The molecule has 6 heteroatoms. The van der Waals surface area contributed by atoms with Gasteiger partial charge in [-0.05, 0) is 30.6 Å². The summed E-state index contributed by atoms with van der Waals surface area (Å²) in [5.41, 5.74) is 2.46. The molecule has 0 radical (unpaired) electrons. The molecule has 1 aliphatic heterocycles. The van der Waals surface area contributed by atoms with E-state index in [0.717, 1.165) is 39.4 Å². The van der Waals surface area contributed by atoms with Crippen molar-refractivity contribution in [3.05, 3.63) is 58.5 Å². The molecule has 1 fully saturated rings. The topological polar surface area (TPSA) is 33.0 Å². The maximum Gasteiger partial charge on any atom is 0.0706 e. The minimum absolute atomic E-state index is 0.427. The number of pyridine rings is 1. The maximum atomic E-state index is 5.54. The molecular formula is C19H24N4OS. The van der Waals surface area contributed by atoms with Gasteiger partial charge >= 0.3 is 0 Å². The zero-order chi connectivity index (χ0) is 17.1. The summed E-state index contributed by atoms with van der Waals surface area (Å²) >= 11 is 1.85. The highest BCUT2D eigenvalue weighted by molar-refractivity contribution is 7.10. The van der Waals surface area contributed by atoms with Crippen LogP contribution in [0.2, 0.25) is 0 Å². The molecule has 0 aliphatic carbocycles. The smallest absolute Gasteiger partial charge is 0.0706 e. The van der Waals surface area contributed by atoms with E-state index in [0.29, 0.717) is 6.04 Å². The van der Waals surface area contributed by atoms with Gasteiger partial charge < -0.3 is 9.64 Å². The fraction of sp³-hybridized carbons (Fsp3) is 0.421. The Bertz CT molecular complexity index is 795. The molecule has 0 amide bonds. The summed E-state index contributed by atoms with van der Waals surface area (Å²) < 4.78 is 7.49. The van der Waals surface area contributed by atoms with Crippen LogP contribution < -0.4 is 0 Å². The van der Waals surface area contributed by atoms with Gasteiger partial charge in [0, 0.05) is 42.8 Å². The minimum atomic E-state index is 0.427. The van der Waals surface area contributed by atoms with Crippen molar-refractivity contribution in [1.82, 2.24) is 19.4 Å². The average molecular weight is 356 g/mol. The predicted molar refractivity (Wildman–Crippen MR) is 101 cm³/mol. The fourth-order valence-electron chi connectivity index (χ4n) is 3.52. The highest BCUT2D eigenvalue weighted by Crippen LogP contribution is 2.27. The molecule has 3 aromatic heterocycles. The van der Waals surface area contributed by atoms with E-state index >= 15 is 0 Å². The first-order valence-electron chi connectivity index (χ1n) is 8.76. The third-order valence-electron chi connectivity index (χ3n) is 4.79. The molecule has 0 aromatic carbocycles. The van der Waals surface area contributed by atoms with Crippen LogP contribution in [0.25, 0.3) is 5.52 Å². The zero-order valence-electron chi connectivity index (χ0n) is 14.5. The van der Waals surface area contributed by atoms with Crippen molar-refractivity contribution in [3.8, 4) is 0 Å². The van der Waals surface area contributed by atoms with Crippen LogP contribution in [-0.4, -0.2) is 59.3 Å². The lowest BCUT2D eigenvalue weighted by Crippen LogP contribution is -2.42. The Morgan fingerprint density at radius 3 is 2.92 bits per heavy atom. The van der Waals surface area contributed by atoms with E-state index in [1.807, 2.05) is 34.3 Å². The second-order valence-corrected chi connectivity index (χ2v) is 7.56. The first kappa shape index (κ1) is 16.7. The van der Waals surface area contributed by atoms with Crippen LogP contribution in [0.1, 0.15) is 16.5 Å². The van der Waals surface area contributed by atoms with E-state index in [1.165, 1.54) is 16.0 Å². The van der Waals surface area contributed by atoms with Crippen molar-refractivity contribution in [3.63, 3.8) is 0 Å². The molecule has 1 atom stereocenters. The lowest BCUT2D eigenvalue weighted by Gasteiger charge is -2.36. The number of thiophene rings is 1. The monoisotopic (exact) mass is 356 g/mol.